The highest BCUT2D eigenvalue weighted by molar-refractivity contribution is 5.96. The van der Waals surface area contributed by atoms with Gasteiger partial charge in [-0.05, 0) is 31.9 Å². The van der Waals surface area contributed by atoms with Gasteiger partial charge in [-0.15, -0.1) is 0 Å². The van der Waals surface area contributed by atoms with Crippen molar-refractivity contribution >= 4 is 17.8 Å². The first kappa shape index (κ1) is 20.4. The number of guanidine groups is 1. The van der Waals surface area contributed by atoms with Gasteiger partial charge in [-0.3, -0.25) is 15.2 Å². The number of hydrazine groups is 1. The van der Waals surface area contributed by atoms with Gasteiger partial charge in [0, 0.05) is 12.1 Å². The van der Waals surface area contributed by atoms with Crippen molar-refractivity contribution in [1.82, 2.24) is 16.1 Å². The summed E-state index contributed by atoms with van der Waals surface area (Å²) in [5.41, 5.74) is 8.60. The van der Waals surface area contributed by atoms with Crippen LogP contribution in [0, 0.1) is 12.1 Å². The maximum atomic E-state index is 12.2. The number of benzene rings is 1. The van der Waals surface area contributed by atoms with E-state index in [9.17, 15) is 14.8 Å². The van der Waals surface area contributed by atoms with E-state index in [4.69, 9.17) is 15.7 Å². The van der Waals surface area contributed by atoms with E-state index in [1.807, 2.05) is 12.3 Å². The van der Waals surface area contributed by atoms with Gasteiger partial charge in [0.25, 0.3) is 5.91 Å². The molecule has 1 rings (SSSR count). The maximum absolute atomic E-state index is 12.2. The number of aryl methyl sites for hydroxylation is 1. The molecule has 1 aromatic carbocycles. The molecule has 138 valence electrons. The third-order valence-electron chi connectivity index (χ3n) is 3.25. The minimum Gasteiger partial charge on any atom is -0.744 e. The Bertz CT molecular complexity index is 603. The molecule has 0 spiro atoms. The van der Waals surface area contributed by atoms with Crippen LogP contribution in [-0.4, -0.2) is 48.1 Å². The van der Waals surface area contributed by atoms with E-state index in [-0.39, 0.29) is 24.8 Å². The number of ether oxygens (including phenoxy) is 1. The summed E-state index contributed by atoms with van der Waals surface area (Å²) in [6.07, 6.45) is 0.655. The number of aliphatic imine (C=N–C) groups is 1. The molecule has 1 amide bonds. The average molecular weight is 352 g/mol. The normalized spacial score (nSPS) is 12.6. The molecule has 0 bridgehead atoms. The zero-order valence-electron chi connectivity index (χ0n) is 14.1. The Labute approximate surface area is 145 Å². The summed E-state index contributed by atoms with van der Waals surface area (Å²) >= 11 is 0. The molecular formula is C15H22N5O5-. The highest BCUT2D eigenvalue weighted by atomic mass is 16.8. The van der Waals surface area contributed by atoms with Crippen molar-refractivity contribution in [3.63, 3.8) is 0 Å². The van der Waals surface area contributed by atoms with Gasteiger partial charge in [-0.25, -0.2) is 4.79 Å². The highest BCUT2D eigenvalue weighted by Crippen LogP contribution is 2.06. The second kappa shape index (κ2) is 10.2. The summed E-state index contributed by atoms with van der Waals surface area (Å²) in [6.45, 7) is 2.09. The van der Waals surface area contributed by atoms with Crippen LogP contribution in [0.1, 0.15) is 28.8 Å². The first-order valence-electron chi connectivity index (χ1n) is 7.51. The fourth-order valence-electron chi connectivity index (χ4n) is 1.97. The van der Waals surface area contributed by atoms with E-state index in [1.165, 1.54) is 7.11 Å². The number of hydrogen-bond donors (Lipinski definition) is 4. The van der Waals surface area contributed by atoms with Gasteiger partial charge >= 0.3 is 5.97 Å². The minimum atomic E-state index is -0.836. The molecule has 1 atom stereocenters. The lowest BCUT2D eigenvalue weighted by atomic mass is 10.1. The van der Waals surface area contributed by atoms with Crippen LogP contribution in [0.5, 0.6) is 0 Å². The first-order valence-corrected chi connectivity index (χ1v) is 7.51. The fourth-order valence-corrected chi connectivity index (χ4v) is 1.97. The average Bonchev–Trinajstić information content (AvgIpc) is 2.56. The number of nitrogens with two attached hydrogens (primary N) is 1. The highest BCUT2D eigenvalue weighted by Gasteiger charge is 2.21. The van der Waals surface area contributed by atoms with Crippen LogP contribution in [-0.2, 0) is 9.53 Å². The predicted molar refractivity (Wildman–Crippen MR) is 90.3 cm³/mol. The molecule has 1 aromatic rings. The van der Waals surface area contributed by atoms with Crippen LogP contribution in [0.4, 0.5) is 0 Å². The van der Waals surface area contributed by atoms with Gasteiger partial charge < -0.3 is 26.2 Å². The van der Waals surface area contributed by atoms with Crippen LogP contribution in [0.15, 0.2) is 29.3 Å². The molecule has 0 aliphatic rings. The second-order valence-electron chi connectivity index (χ2n) is 5.21. The van der Waals surface area contributed by atoms with E-state index in [2.05, 4.69) is 10.3 Å². The Morgan fingerprint density at radius 2 is 2.04 bits per heavy atom. The smallest absolute Gasteiger partial charge is 0.328 e. The Kier molecular flexibility index (Phi) is 8.33. The Morgan fingerprint density at radius 1 is 1.40 bits per heavy atom. The van der Waals surface area contributed by atoms with E-state index in [1.54, 1.807) is 24.3 Å². The molecular weight excluding hydrogens is 330 g/mol. The molecule has 10 nitrogen and oxygen atoms in total. The fraction of sp³-hybridized carbons (Fsp3) is 0.400. The topological polar surface area (TPSA) is 152 Å². The molecule has 0 aromatic heterocycles. The van der Waals surface area contributed by atoms with Gasteiger partial charge in [0.15, 0.2) is 0 Å². The van der Waals surface area contributed by atoms with Gasteiger partial charge in [0.05, 0.1) is 7.11 Å². The van der Waals surface area contributed by atoms with Crippen molar-refractivity contribution in [2.45, 2.75) is 25.8 Å². The zero-order chi connectivity index (χ0) is 18.8. The Morgan fingerprint density at radius 3 is 2.60 bits per heavy atom. The number of esters is 1. The summed E-state index contributed by atoms with van der Waals surface area (Å²) in [5, 5.41) is 20.7. The van der Waals surface area contributed by atoms with Crippen molar-refractivity contribution < 1.29 is 19.5 Å². The molecule has 0 fully saturated rings. The molecule has 5 N–H and O–H groups in total. The molecule has 0 radical (unpaired) electrons. The zero-order valence-corrected chi connectivity index (χ0v) is 14.1. The van der Waals surface area contributed by atoms with Crippen LogP contribution < -0.4 is 16.5 Å². The van der Waals surface area contributed by atoms with Crippen LogP contribution >= 0.6 is 0 Å². The third-order valence-corrected chi connectivity index (χ3v) is 3.25. The van der Waals surface area contributed by atoms with E-state index in [0.29, 0.717) is 12.0 Å². The second-order valence-corrected chi connectivity index (χ2v) is 5.21. The summed E-state index contributed by atoms with van der Waals surface area (Å²) < 4.78 is 4.69. The molecule has 0 aliphatic heterocycles. The first-order chi connectivity index (χ1) is 11.8. The molecule has 0 unspecified atom stereocenters. The van der Waals surface area contributed by atoms with E-state index in [0.717, 1.165) is 5.56 Å². The van der Waals surface area contributed by atoms with Gasteiger partial charge in [0.2, 0.25) is 5.96 Å². The summed E-state index contributed by atoms with van der Waals surface area (Å²) in [6, 6.07) is 6.09. The SMILES string of the molecule is COC(=O)[C@H](CCCN=C(N)NN([O-])O)NC(=O)c1ccc(C)cc1. The number of rotatable bonds is 8. The number of hydrogen-bond acceptors (Lipinski definition) is 7. The molecule has 0 saturated carbocycles. The van der Waals surface area contributed by atoms with Crippen LogP contribution in [0.3, 0.4) is 0 Å². The third kappa shape index (κ3) is 7.61. The van der Waals surface area contributed by atoms with Crippen molar-refractivity contribution in [3.05, 3.63) is 40.6 Å². The van der Waals surface area contributed by atoms with Crippen molar-refractivity contribution in [3.8, 4) is 0 Å². The van der Waals surface area contributed by atoms with E-state index >= 15 is 0 Å². The Balaban J connectivity index is 2.58. The number of nitrogens with zero attached hydrogens (tertiary/aromatic N) is 2. The molecule has 0 heterocycles. The number of carbonyl (C=O) groups excluding carboxylic acids is 2. The van der Waals surface area contributed by atoms with Gasteiger partial charge in [-0.2, -0.15) is 5.34 Å². The van der Waals surface area contributed by atoms with Crippen molar-refractivity contribution in [2.24, 2.45) is 10.7 Å². The summed E-state index contributed by atoms with van der Waals surface area (Å²) in [4.78, 5) is 27.8. The van der Waals surface area contributed by atoms with Crippen molar-refractivity contribution in [1.29, 1.82) is 0 Å². The largest absolute Gasteiger partial charge is 0.744 e. The van der Waals surface area contributed by atoms with Gasteiger partial charge in [0.1, 0.15) is 6.04 Å². The molecule has 0 saturated heterocycles. The minimum absolute atomic E-state index is 0.181. The van der Waals surface area contributed by atoms with Crippen molar-refractivity contribution in [2.75, 3.05) is 13.7 Å². The number of methoxy groups -OCH3 is 1. The summed E-state index contributed by atoms with van der Waals surface area (Å²) in [5.74, 6) is -1.23. The van der Waals surface area contributed by atoms with Gasteiger partial charge in [-0.1, -0.05) is 17.7 Å². The van der Waals surface area contributed by atoms with Crippen LogP contribution in [0.25, 0.3) is 0 Å². The van der Waals surface area contributed by atoms with E-state index < -0.39 is 17.3 Å². The molecule has 10 heteroatoms. The van der Waals surface area contributed by atoms with Crippen LogP contribution in [0.2, 0.25) is 0 Å². The lowest BCUT2D eigenvalue weighted by Gasteiger charge is -2.20. The standard InChI is InChI=1S/C15H22N5O5/c1-10-5-7-11(8-6-10)13(21)18-12(14(22)25-2)4-3-9-17-15(16)19-20(23)24/h5-8,12,23H,3-4,9H2,1-2H3,(H,18,21)(H3,16,17,19)/q-1/t12-/m0/s1. The quantitative estimate of drug-likeness (QED) is 0.168. The number of amides is 1. The maximum Gasteiger partial charge on any atom is 0.328 e. The lowest BCUT2D eigenvalue weighted by molar-refractivity contribution is -0.143. The predicted octanol–water partition coefficient (Wildman–Crippen LogP) is 0.0549. The lowest BCUT2D eigenvalue weighted by Crippen LogP contribution is -2.42. The molecule has 25 heavy (non-hydrogen) atoms. The monoisotopic (exact) mass is 352 g/mol. The summed E-state index contributed by atoms with van der Waals surface area (Å²) in [7, 11) is 1.23. The number of carbonyl (C=O) groups is 2. The molecule has 0 aliphatic carbocycles. The number of nitrogens with one attached hydrogen (secondary N) is 2. The Hall–Kier alpha value is -2.69.